The van der Waals surface area contributed by atoms with Gasteiger partial charge in [0.25, 0.3) is 0 Å². The van der Waals surface area contributed by atoms with Crippen molar-refractivity contribution < 1.29 is 15.3 Å². The summed E-state index contributed by atoms with van der Waals surface area (Å²) in [5.41, 5.74) is 0. The standard InChI is InChI=1S/C4H10O2Se2.C2H6O/c5-1-3-7-8-4-2-6;1-2-3/h5-6H,1-4H2;3H,2H2,1H3. The molecule has 3 N–H and O–H groups in total. The zero-order valence-corrected chi connectivity index (χ0v) is 10.1. The molecule has 0 atom stereocenters. The fourth-order valence-electron chi connectivity index (χ4n) is 0.192. The molecule has 0 heterocycles. The summed E-state index contributed by atoms with van der Waals surface area (Å²) in [7, 11) is 0. The predicted molar refractivity (Wildman–Crippen MR) is 48.1 cm³/mol. The van der Waals surface area contributed by atoms with Gasteiger partial charge in [-0.2, -0.15) is 0 Å². The molecule has 0 amide bonds. The first-order valence-electron chi connectivity index (χ1n) is 3.40. The van der Waals surface area contributed by atoms with Crippen molar-refractivity contribution in [1.29, 1.82) is 0 Å². The molecule has 0 aliphatic heterocycles. The van der Waals surface area contributed by atoms with Crippen molar-refractivity contribution in [3.63, 3.8) is 0 Å². The summed E-state index contributed by atoms with van der Waals surface area (Å²) in [5.74, 6) is 0. The number of rotatable bonds is 5. The van der Waals surface area contributed by atoms with Crippen molar-refractivity contribution in [3.8, 4) is 0 Å². The van der Waals surface area contributed by atoms with Gasteiger partial charge in [0, 0.05) is 6.61 Å². The Hall–Kier alpha value is 0.919. The molecule has 3 nitrogen and oxygen atoms in total. The maximum atomic E-state index is 8.33. The molecular weight excluding hydrogens is 278 g/mol. The molecule has 0 aromatic heterocycles. The van der Waals surface area contributed by atoms with E-state index >= 15 is 0 Å². The van der Waals surface area contributed by atoms with E-state index in [-0.39, 0.29) is 6.61 Å². The summed E-state index contributed by atoms with van der Waals surface area (Å²) in [4.78, 5) is 0. The zero-order chi connectivity index (χ0) is 8.95. The summed E-state index contributed by atoms with van der Waals surface area (Å²) >= 11 is 1.26. The molecular formula is C6H16O3Se2. The Balaban J connectivity index is 0. The van der Waals surface area contributed by atoms with Gasteiger partial charge in [-0.15, -0.1) is 0 Å². The van der Waals surface area contributed by atoms with Gasteiger partial charge >= 0.3 is 60.3 Å². The minimum atomic E-state index is 0.250. The van der Waals surface area contributed by atoms with Crippen LogP contribution in [0.4, 0.5) is 0 Å². The third-order valence-corrected chi connectivity index (χ3v) is 7.70. The van der Waals surface area contributed by atoms with Gasteiger partial charge in [-0.3, -0.25) is 0 Å². The molecule has 70 valence electrons. The molecule has 0 aromatic carbocycles. The molecule has 0 saturated carbocycles. The third-order valence-electron chi connectivity index (χ3n) is 0.433. The van der Waals surface area contributed by atoms with Gasteiger partial charge in [-0.1, -0.05) is 0 Å². The molecule has 0 radical (unpaired) electrons. The van der Waals surface area contributed by atoms with Crippen molar-refractivity contribution in [2.75, 3.05) is 19.8 Å². The molecule has 0 bridgehead atoms. The second-order valence-electron chi connectivity index (χ2n) is 1.41. The topological polar surface area (TPSA) is 60.7 Å². The van der Waals surface area contributed by atoms with E-state index in [1.807, 2.05) is 0 Å². The number of aliphatic hydroxyl groups is 3. The monoisotopic (exact) mass is 296 g/mol. The van der Waals surface area contributed by atoms with Crippen molar-refractivity contribution in [2.24, 2.45) is 0 Å². The van der Waals surface area contributed by atoms with E-state index in [0.29, 0.717) is 39.5 Å². The Morgan fingerprint density at radius 3 is 1.36 bits per heavy atom. The molecule has 0 aromatic rings. The first-order chi connectivity index (χ1) is 5.33. The van der Waals surface area contributed by atoms with E-state index in [1.165, 1.54) is 0 Å². The molecule has 11 heavy (non-hydrogen) atoms. The van der Waals surface area contributed by atoms with E-state index in [0.717, 1.165) is 10.6 Å². The molecule has 0 aliphatic rings. The van der Waals surface area contributed by atoms with Crippen LogP contribution in [0.15, 0.2) is 0 Å². The van der Waals surface area contributed by atoms with Crippen LogP contribution in [0.25, 0.3) is 0 Å². The summed E-state index contributed by atoms with van der Waals surface area (Å²) in [6, 6.07) is 0. The summed E-state index contributed by atoms with van der Waals surface area (Å²) in [6.07, 6.45) is 0. The Labute approximate surface area is 79.1 Å². The quantitative estimate of drug-likeness (QED) is 0.456. The summed E-state index contributed by atoms with van der Waals surface area (Å²) in [5, 5.41) is 26.2. The van der Waals surface area contributed by atoms with Crippen molar-refractivity contribution in [1.82, 2.24) is 0 Å². The SMILES string of the molecule is CCO.OCC[Se][Se]CCO. The third kappa shape index (κ3) is 24.8. The van der Waals surface area contributed by atoms with Crippen molar-refractivity contribution in [3.05, 3.63) is 0 Å². The van der Waals surface area contributed by atoms with Crippen LogP contribution in [0.2, 0.25) is 10.6 Å². The van der Waals surface area contributed by atoms with Crippen LogP contribution < -0.4 is 0 Å². The van der Waals surface area contributed by atoms with Crippen LogP contribution in [-0.4, -0.2) is 61.4 Å². The minimum absolute atomic E-state index is 0.250. The van der Waals surface area contributed by atoms with Crippen LogP contribution in [0.3, 0.4) is 0 Å². The average molecular weight is 294 g/mol. The molecule has 5 heteroatoms. The average Bonchev–Trinajstić information content (AvgIpc) is 2.00. The first kappa shape index (κ1) is 14.4. The normalized spacial score (nSPS) is 8.73. The number of aliphatic hydroxyl groups excluding tert-OH is 3. The number of hydrogen-bond donors (Lipinski definition) is 3. The van der Waals surface area contributed by atoms with E-state index in [2.05, 4.69) is 0 Å². The summed E-state index contributed by atoms with van der Waals surface area (Å²) in [6.45, 7) is 2.58. The number of hydrogen-bond acceptors (Lipinski definition) is 3. The van der Waals surface area contributed by atoms with Crippen molar-refractivity contribution >= 4 is 26.3 Å². The molecule has 0 spiro atoms. The van der Waals surface area contributed by atoms with Gasteiger partial charge in [0.1, 0.15) is 0 Å². The molecule has 0 aliphatic carbocycles. The molecule has 0 rings (SSSR count). The fourth-order valence-corrected chi connectivity index (χ4v) is 5.19. The second kappa shape index (κ2) is 17.1. The van der Waals surface area contributed by atoms with E-state index < -0.39 is 0 Å². The van der Waals surface area contributed by atoms with Crippen molar-refractivity contribution in [2.45, 2.75) is 17.6 Å². The van der Waals surface area contributed by atoms with Crippen LogP contribution in [-0.2, 0) is 0 Å². The maximum absolute atomic E-state index is 8.33. The Morgan fingerprint density at radius 2 is 1.18 bits per heavy atom. The van der Waals surface area contributed by atoms with Gasteiger partial charge < -0.3 is 5.11 Å². The second-order valence-corrected chi connectivity index (χ2v) is 9.25. The van der Waals surface area contributed by atoms with E-state index in [9.17, 15) is 0 Å². The molecule has 0 fully saturated rings. The molecule has 0 unspecified atom stereocenters. The Bertz CT molecular complexity index is 49.1. The first-order valence-corrected chi connectivity index (χ1v) is 10.2. The van der Waals surface area contributed by atoms with Crippen LogP contribution >= 0.6 is 0 Å². The van der Waals surface area contributed by atoms with Gasteiger partial charge in [-0.25, -0.2) is 0 Å². The fraction of sp³-hybridized carbons (Fsp3) is 1.00. The van der Waals surface area contributed by atoms with Gasteiger partial charge in [0.05, 0.1) is 0 Å². The Morgan fingerprint density at radius 1 is 0.909 bits per heavy atom. The summed E-state index contributed by atoms with van der Waals surface area (Å²) < 4.78 is 0. The van der Waals surface area contributed by atoms with Gasteiger partial charge in [0.2, 0.25) is 0 Å². The van der Waals surface area contributed by atoms with Crippen LogP contribution in [0.5, 0.6) is 0 Å². The van der Waals surface area contributed by atoms with E-state index in [4.69, 9.17) is 15.3 Å². The predicted octanol–water partition coefficient (Wildman–Crippen LogP) is -0.870. The Kier molecular flexibility index (Phi) is 22.5. The van der Waals surface area contributed by atoms with Crippen LogP contribution in [0, 0.1) is 0 Å². The van der Waals surface area contributed by atoms with Crippen LogP contribution in [0.1, 0.15) is 6.92 Å². The molecule has 0 saturated heterocycles. The van der Waals surface area contributed by atoms with Gasteiger partial charge in [-0.05, 0) is 6.92 Å². The van der Waals surface area contributed by atoms with E-state index in [1.54, 1.807) is 6.92 Å². The van der Waals surface area contributed by atoms with Gasteiger partial charge in [0.15, 0.2) is 0 Å². The zero-order valence-electron chi connectivity index (χ0n) is 6.69.